The van der Waals surface area contributed by atoms with Crippen LogP contribution in [0.2, 0.25) is 0 Å². The van der Waals surface area contributed by atoms with Crippen LogP contribution in [0.4, 0.5) is 0 Å². The van der Waals surface area contributed by atoms with Crippen molar-refractivity contribution in [3.63, 3.8) is 0 Å². The first-order valence-electron chi connectivity index (χ1n) is 4.51. The monoisotopic (exact) mass is 216 g/mol. The van der Waals surface area contributed by atoms with Gasteiger partial charge in [-0.05, 0) is 20.8 Å². The number of nitrogens with zero attached hydrogens (tertiary/aromatic N) is 2. The molecule has 0 bridgehead atoms. The van der Waals surface area contributed by atoms with Crippen LogP contribution in [-0.4, -0.2) is 28.5 Å². The third-order valence-corrected chi connectivity index (χ3v) is 4.70. The lowest BCUT2D eigenvalue weighted by atomic mass is 10.3. The number of aromatic nitrogens is 2. The fourth-order valence-electron chi connectivity index (χ4n) is 0.951. The summed E-state index contributed by atoms with van der Waals surface area (Å²) in [6, 6.07) is 0. The fourth-order valence-corrected chi connectivity index (χ4v) is 2.01. The minimum atomic E-state index is -3.02. The summed E-state index contributed by atoms with van der Waals surface area (Å²) in [6.45, 7) is 5.63. The maximum absolute atomic E-state index is 11.7. The Kier molecular flexibility index (Phi) is 2.99. The van der Waals surface area contributed by atoms with Crippen LogP contribution < -0.4 is 0 Å². The lowest BCUT2D eigenvalue weighted by Crippen LogP contribution is -2.31. The Morgan fingerprint density at radius 3 is 2.43 bits per heavy atom. The van der Waals surface area contributed by atoms with Crippen molar-refractivity contribution in [2.45, 2.75) is 32.1 Å². The lowest BCUT2D eigenvalue weighted by Gasteiger charge is -2.18. The van der Waals surface area contributed by atoms with E-state index in [2.05, 4.69) is 4.98 Å². The Morgan fingerprint density at radius 1 is 1.36 bits per heavy atom. The van der Waals surface area contributed by atoms with Crippen LogP contribution in [0.5, 0.6) is 0 Å². The smallest absolute Gasteiger partial charge is 0.156 e. The van der Waals surface area contributed by atoms with Gasteiger partial charge in [-0.1, -0.05) is 0 Å². The summed E-state index contributed by atoms with van der Waals surface area (Å²) < 4.78 is 24.5. The molecule has 0 amide bonds. The second-order valence-electron chi connectivity index (χ2n) is 4.23. The highest BCUT2D eigenvalue weighted by atomic mass is 32.2. The van der Waals surface area contributed by atoms with Crippen molar-refractivity contribution in [3.8, 4) is 0 Å². The summed E-state index contributed by atoms with van der Waals surface area (Å²) in [7, 11) is -3.02. The highest BCUT2D eigenvalue weighted by Crippen LogP contribution is 2.15. The van der Waals surface area contributed by atoms with Crippen molar-refractivity contribution >= 4 is 9.84 Å². The molecule has 0 radical (unpaired) electrons. The quantitative estimate of drug-likeness (QED) is 0.760. The average molecular weight is 216 g/mol. The second-order valence-corrected chi connectivity index (χ2v) is 7.09. The summed E-state index contributed by atoms with van der Waals surface area (Å²) in [5, 5.41) is 0. The van der Waals surface area contributed by atoms with Crippen molar-refractivity contribution in [2.24, 2.45) is 0 Å². The molecule has 4 nitrogen and oxygen atoms in total. The Hall–Kier alpha value is -0.840. The molecule has 0 aliphatic heterocycles. The van der Waals surface area contributed by atoms with E-state index < -0.39 is 14.6 Å². The molecule has 1 aromatic heterocycles. The highest BCUT2D eigenvalue weighted by Gasteiger charge is 2.28. The lowest BCUT2D eigenvalue weighted by molar-refractivity contribution is 0.554. The first-order chi connectivity index (χ1) is 6.33. The van der Waals surface area contributed by atoms with Crippen LogP contribution in [0.1, 0.15) is 20.8 Å². The van der Waals surface area contributed by atoms with E-state index in [-0.39, 0.29) is 5.75 Å². The van der Waals surface area contributed by atoms with Gasteiger partial charge in [0, 0.05) is 18.9 Å². The fraction of sp³-hybridized carbons (Fsp3) is 0.667. The molecule has 0 atom stereocenters. The second kappa shape index (κ2) is 3.73. The predicted octanol–water partition coefficient (Wildman–Crippen LogP) is 1.10. The van der Waals surface area contributed by atoms with Gasteiger partial charge in [0.15, 0.2) is 9.84 Å². The van der Waals surface area contributed by atoms with Crippen LogP contribution in [0.3, 0.4) is 0 Å². The molecule has 0 unspecified atom stereocenters. The molecule has 0 aliphatic rings. The van der Waals surface area contributed by atoms with Gasteiger partial charge in [0.1, 0.15) is 0 Å². The number of rotatable bonds is 3. The number of aryl methyl sites for hydroxylation is 1. The van der Waals surface area contributed by atoms with Crippen molar-refractivity contribution in [1.29, 1.82) is 0 Å². The van der Waals surface area contributed by atoms with Crippen LogP contribution >= 0.6 is 0 Å². The molecule has 5 heteroatoms. The first-order valence-corrected chi connectivity index (χ1v) is 6.16. The van der Waals surface area contributed by atoms with E-state index in [1.54, 1.807) is 44.1 Å². The van der Waals surface area contributed by atoms with Gasteiger partial charge in [-0.15, -0.1) is 0 Å². The Morgan fingerprint density at radius 2 is 2.00 bits per heavy atom. The molecule has 0 saturated heterocycles. The molecular weight excluding hydrogens is 200 g/mol. The van der Waals surface area contributed by atoms with E-state index in [4.69, 9.17) is 0 Å². The summed E-state index contributed by atoms with van der Waals surface area (Å²) in [6.07, 6.45) is 5.03. The van der Waals surface area contributed by atoms with Crippen LogP contribution in [0.25, 0.3) is 0 Å². The zero-order valence-corrected chi connectivity index (χ0v) is 9.58. The topological polar surface area (TPSA) is 52.0 Å². The van der Waals surface area contributed by atoms with Crippen LogP contribution in [-0.2, 0) is 16.4 Å². The molecule has 1 rings (SSSR count). The zero-order chi connectivity index (χ0) is 10.8. The standard InChI is InChI=1S/C9H16N2O2S/c1-9(2,3)14(12,13)7-6-11-5-4-10-8-11/h4-5,8H,6-7H2,1-3H3. The van der Waals surface area contributed by atoms with E-state index in [9.17, 15) is 8.42 Å². The summed E-state index contributed by atoms with van der Waals surface area (Å²) in [5.41, 5.74) is 0. The van der Waals surface area contributed by atoms with E-state index in [0.717, 1.165) is 0 Å². The van der Waals surface area contributed by atoms with E-state index in [0.29, 0.717) is 6.54 Å². The molecular formula is C9H16N2O2S. The number of hydrogen-bond acceptors (Lipinski definition) is 3. The van der Waals surface area contributed by atoms with Gasteiger partial charge in [0.2, 0.25) is 0 Å². The van der Waals surface area contributed by atoms with Crippen molar-refractivity contribution < 1.29 is 8.42 Å². The predicted molar refractivity (Wildman–Crippen MR) is 55.8 cm³/mol. The van der Waals surface area contributed by atoms with E-state index in [1.165, 1.54) is 0 Å². The third-order valence-electron chi connectivity index (χ3n) is 2.11. The van der Waals surface area contributed by atoms with Crippen LogP contribution in [0, 0.1) is 0 Å². The van der Waals surface area contributed by atoms with E-state index >= 15 is 0 Å². The molecule has 0 spiro atoms. The maximum Gasteiger partial charge on any atom is 0.156 e. The number of sulfone groups is 1. The molecule has 0 fully saturated rings. The highest BCUT2D eigenvalue weighted by molar-refractivity contribution is 7.92. The first kappa shape index (κ1) is 11.2. The van der Waals surface area contributed by atoms with E-state index in [1.807, 2.05) is 0 Å². The van der Waals surface area contributed by atoms with Gasteiger partial charge in [-0.2, -0.15) is 0 Å². The van der Waals surface area contributed by atoms with Crippen molar-refractivity contribution in [2.75, 3.05) is 5.75 Å². The minimum absolute atomic E-state index is 0.160. The average Bonchev–Trinajstić information content (AvgIpc) is 2.50. The number of hydrogen-bond donors (Lipinski definition) is 0. The van der Waals surface area contributed by atoms with Gasteiger partial charge in [-0.25, -0.2) is 13.4 Å². The van der Waals surface area contributed by atoms with Crippen LogP contribution in [0.15, 0.2) is 18.7 Å². The van der Waals surface area contributed by atoms with Gasteiger partial charge < -0.3 is 4.57 Å². The molecule has 0 aliphatic carbocycles. The number of imidazole rings is 1. The van der Waals surface area contributed by atoms with Gasteiger partial charge in [-0.3, -0.25) is 0 Å². The Balaban J connectivity index is 2.63. The molecule has 80 valence electrons. The molecule has 0 aromatic carbocycles. The molecule has 1 heterocycles. The normalized spacial score (nSPS) is 13.1. The SMILES string of the molecule is CC(C)(C)S(=O)(=O)CCn1ccnc1. The summed E-state index contributed by atoms with van der Waals surface area (Å²) in [5.74, 6) is 0.160. The molecule has 0 saturated carbocycles. The molecule has 1 aromatic rings. The summed E-state index contributed by atoms with van der Waals surface area (Å²) >= 11 is 0. The third kappa shape index (κ3) is 2.57. The largest absolute Gasteiger partial charge is 0.336 e. The van der Waals surface area contributed by atoms with Crippen molar-refractivity contribution in [3.05, 3.63) is 18.7 Å². The minimum Gasteiger partial charge on any atom is -0.336 e. The molecule has 0 N–H and O–H groups in total. The molecule has 14 heavy (non-hydrogen) atoms. The zero-order valence-electron chi connectivity index (χ0n) is 8.77. The maximum atomic E-state index is 11.7. The Labute approximate surface area is 84.9 Å². The van der Waals surface area contributed by atoms with Gasteiger partial charge >= 0.3 is 0 Å². The van der Waals surface area contributed by atoms with Gasteiger partial charge in [0.05, 0.1) is 16.8 Å². The van der Waals surface area contributed by atoms with Crippen molar-refractivity contribution in [1.82, 2.24) is 9.55 Å². The summed E-state index contributed by atoms with van der Waals surface area (Å²) in [4.78, 5) is 3.85. The Bertz CT molecular complexity index is 373. The van der Waals surface area contributed by atoms with Gasteiger partial charge in [0.25, 0.3) is 0 Å².